The van der Waals surface area contributed by atoms with E-state index in [-0.39, 0.29) is 11.8 Å². The van der Waals surface area contributed by atoms with Gasteiger partial charge in [0.15, 0.2) is 5.69 Å². The molecule has 0 aliphatic carbocycles. The average molecular weight is 267 g/mol. The molecule has 0 atom stereocenters. The molecule has 19 heavy (non-hydrogen) atoms. The number of anilines is 1. The van der Waals surface area contributed by atoms with Crippen molar-refractivity contribution in [1.29, 1.82) is 0 Å². The van der Waals surface area contributed by atoms with Crippen LogP contribution in [0.5, 0.6) is 0 Å². The third-order valence-corrected chi connectivity index (χ3v) is 3.06. The van der Waals surface area contributed by atoms with Gasteiger partial charge in [0.25, 0.3) is 5.91 Å². The van der Waals surface area contributed by atoms with Gasteiger partial charge in [0.1, 0.15) is 0 Å². The van der Waals surface area contributed by atoms with Crippen molar-refractivity contribution in [2.45, 2.75) is 26.2 Å². The van der Waals surface area contributed by atoms with Crippen LogP contribution in [0.2, 0.25) is 0 Å². The minimum absolute atomic E-state index is 0.126. The van der Waals surface area contributed by atoms with Crippen molar-refractivity contribution in [1.82, 2.24) is 20.0 Å². The standard InChI is InChI=1S/C13H25N5O/c1-9(2)11-10(14)12(16-15-11)13(19)18(5)8-6-7-17(3)4/h9H,6-8,14H2,1-5H3,(H,15,16). The van der Waals surface area contributed by atoms with Crippen molar-refractivity contribution in [3.63, 3.8) is 0 Å². The molecule has 0 saturated carbocycles. The Labute approximate surface area is 114 Å². The zero-order chi connectivity index (χ0) is 14.6. The molecule has 0 bridgehead atoms. The van der Waals surface area contributed by atoms with Gasteiger partial charge in [-0.05, 0) is 33.0 Å². The molecule has 0 saturated heterocycles. The van der Waals surface area contributed by atoms with E-state index < -0.39 is 0 Å². The second kappa shape index (κ2) is 6.56. The highest BCUT2D eigenvalue weighted by Gasteiger charge is 2.21. The number of aromatic amines is 1. The van der Waals surface area contributed by atoms with Crippen molar-refractivity contribution >= 4 is 11.6 Å². The number of nitrogens with zero attached hydrogens (tertiary/aromatic N) is 3. The van der Waals surface area contributed by atoms with E-state index in [1.54, 1.807) is 11.9 Å². The Morgan fingerprint density at radius 3 is 2.42 bits per heavy atom. The fraction of sp³-hybridized carbons (Fsp3) is 0.692. The summed E-state index contributed by atoms with van der Waals surface area (Å²) in [6.45, 7) is 5.67. The number of aromatic nitrogens is 2. The minimum Gasteiger partial charge on any atom is -0.395 e. The zero-order valence-electron chi connectivity index (χ0n) is 12.5. The van der Waals surface area contributed by atoms with Crippen LogP contribution in [-0.2, 0) is 0 Å². The first-order valence-electron chi connectivity index (χ1n) is 6.58. The molecule has 0 radical (unpaired) electrons. The minimum atomic E-state index is -0.126. The van der Waals surface area contributed by atoms with Gasteiger partial charge >= 0.3 is 0 Å². The Morgan fingerprint density at radius 2 is 1.95 bits per heavy atom. The predicted octanol–water partition coefficient (Wildman–Crippen LogP) is 1.14. The molecule has 0 fully saturated rings. The van der Waals surface area contributed by atoms with Crippen LogP contribution < -0.4 is 5.73 Å². The quantitative estimate of drug-likeness (QED) is 0.810. The van der Waals surface area contributed by atoms with Gasteiger partial charge in [0, 0.05) is 13.6 Å². The molecular formula is C13H25N5O. The molecule has 0 aliphatic rings. The number of hydrogen-bond donors (Lipinski definition) is 2. The smallest absolute Gasteiger partial charge is 0.276 e. The Morgan fingerprint density at radius 1 is 1.32 bits per heavy atom. The summed E-state index contributed by atoms with van der Waals surface area (Å²) < 4.78 is 0. The molecule has 3 N–H and O–H groups in total. The second-order valence-electron chi connectivity index (χ2n) is 5.44. The van der Waals surface area contributed by atoms with E-state index in [1.165, 1.54) is 0 Å². The van der Waals surface area contributed by atoms with Crippen LogP contribution in [-0.4, -0.2) is 60.1 Å². The molecule has 108 valence electrons. The molecule has 1 aromatic heterocycles. The van der Waals surface area contributed by atoms with Crippen LogP contribution in [0.3, 0.4) is 0 Å². The lowest BCUT2D eigenvalue weighted by molar-refractivity contribution is 0.0786. The van der Waals surface area contributed by atoms with Gasteiger partial charge in [-0.3, -0.25) is 9.89 Å². The fourth-order valence-electron chi connectivity index (χ4n) is 1.87. The number of carbonyl (C=O) groups excluding carboxylic acids is 1. The molecule has 6 nitrogen and oxygen atoms in total. The maximum Gasteiger partial charge on any atom is 0.276 e. The first-order chi connectivity index (χ1) is 8.84. The van der Waals surface area contributed by atoms with Crippen LogP contribution in [0.15, 0.2) is 0 Å². The normalized spacial score (nSPS) is 11.3. The molecule has 1 aromatic rings. The van der Waals surface area contributed by atoms with Crippen molar-refractivity contribution in [3.05, 3.63) is 11.4 Å². The van der Waals surface area contributed by atoms with E-state index in [2.05, 4.69) is 15.1 Å². The lowest BCUT2D eigenvalue weighted by atomic mass is 10.1. The number of nitrogens with two attached hydrogens (primary N) is 1. The molecule has 0 aromatic carbocycles. The Balaban J connectivity index is 2.67. The first kappa shape index (κ1) is 15.5. The summed E-state index contributed by atoms with van der Waals surface area (Å²) >= 11 is 0. The second-order valence-corrected chi connectivity index (χ2v) is 5.44. The van der Waals surface area contributed by atoms with Gasteiger partial charge < -0.3 is 15.5 Å². The van der Waals surface area contributed by atoms with Crippen LogP contribution >= 0.6 is 0 Å². The number of nitrogens with one attached hydrogen (secondary N) is 1. The van der Waals surface area contributed by atoms with Crippen molar-refractivity contribution in [2.24, 2.45) is 0 Å². The molecule has 0 aliphatic heterocycles. The van der Waals surface area contributed by atoms with E-state index in [1.807, 2.05) is 27.9 Å². The van der Waals surface area contributed by atoms with Gasteiger partial charge in [0.05, 0.1) is 11.4 Å². The number of amides is 1. The summed E-state index contributed by atoms with van der Waals surface area (Å²) in [7, 11) is 5.81. The van der Waals surface area contributed by atoms with Gasteiger partial charge in [-0.15, -0.1) is 0 Å². The highest BCUT2D eigenvalue weighted by atomic mass is 16.2. The highest BCUT2D eigenvalue weighted by molar-refractivity contribution is 5.97. The van der Waals surface area contributed by atoms with E-state index in [0.717, 1.165) is 18.7 Å². The predicted molar refractivity (Wildman–Crippen MR) is 77.2 cm³/mol. The van der Waals surface area contributed by atoms with Gasteiger partial charge in [-0.25, -0.2) is 0 Å². The summed E-state index contributed by atoms with van der Waals surface area (Å²) in [4.78, 5) is 16.0. The molecule has 1 rings (SSSR count). The molecular weight excluding hydrogens is 242 g/mol. The first-order valence-corrected chi connectivity index (χ1v) is 6.58. The average Bonchev–Trinajstić information content (AvgIpc) is 2.69. The number of H-pyrrole nitrogens is 1. The molecule has 6 heteroatoms. The van der Waals surface area contributed by atoms with Gasteiger partial charge in [-0.2, -0.15) is 5.10 Å². The number of carbonyl (C=O) groups is 1. The zero-order valence-corrected chi connectivity index (χ0v) is 12.5. The van der Waals surface area contributed by atoms with Crippen molar-refractivity contribution < 1.29 is 4.79 Å². The third-order valence-electron chi connectivity index (χ3n) is 3.06. The lowest BCUT2D eigenvalue weighted by Crippen LogP contribution is -2.30. The maximum atomic E-state index is 12.2. The molecule has 0 spiro atoms. The Kier molecular flexibility index (Phi) is 5.35. The summed E-state index contributed by atoms with van der Waals surface area (Å²) in [5.74, 6) is 0.104. The van der Waals surface area contributed by atoms with Gasteiger partial charge in [-0.1, -0.05) is 13.8 Å². The van der Waals surface area contributed by atoms with E-state index >= 15 is 0 Å². The summed E-state index contributed by atoms with van der Waals surface area (Å²) in [6, 6.07) is 0. The number of rotatable bonds is 6. The van der Waals surface area contributed by atoms with Crippen LogP contribution in [0.25, 0.3) is 0 Å². The fourth-order valence-corrected chi connectivity index (χ4v) is 1.87. The number of hydrogen-bond acceptors (Lipinski definition) is 4. The monoisotopic (exact) mass is 267 g/mol. The number of nitrogen functional groups attached to an aromatic ring is 1. The highest BCUT2D eigenvalue weighted by Crippen LogP contribution is 2.22. The van der Waals surface area contributed by atoms with Crippen molar-refractivity contribution in [3.8, 4) is 0 Å². The lowest BCUT2D eigenvalue weighted by Gasteiger charge is -2.17. The summed E-state index contributed by atoms with van der Waals surface area (Å²) in [5.41, 5.74) is 7.60. The molecule has 1 amide bonds. The SMILES string of the molecule is CC(C)c1[nH]nc(C(=O)N(C)CCCN(C)C)c1N. The van der Waals surface area contributed by atoms with Crippen LogP contribution in [0.1, 0.15) is 42.4 Å². The van der Waals surface area contributed by atoms with Gasteiger partial charge in [0.2, 0.25) is 0 Å². The largest absolute Gasteiger partial charge is 0.395 e. The van der Waals surface area contributed by atoms with Crippen LogP contribution in [0, 0.1) is 0 Å². The summed E-state index contributed by atoms with van der Waals surface area (Å²) in [5, 5.41) is 6.90. The third kappa shape index (κ3) is 3.96. The molecule has 0 unspecified atom stereocenters. The Bertz CT molecular complexity index is 425. The topological polar surface area (TPSA) is 78.2 Å². The van der Waals surface area contributed by atoms with E-state index in [4.69, 9.17) is 5.73 Å². The Hall–Kier alpha value is -1.56. The summed E-state index contributed by atoms with van der Waals surface area (Å²) in [6.07, 6.45) is 0.927. The maximum absolute atomic E-state index is 12.2. The van der Waals surface area contributed by atoms with E-state index in [9.17, 15) is 4.79 Å². The molecule has 1 heterocycles. The van der Waals surface area contributed by atoms with E-state index in [0.29, 0.717) is 17.9 Å². The van der Waals surface area contributed by atoms with Crippen LogP contribution in [0.4, 0.5) is 5.69 Å². The van der Waals surface area contributed by atoms with Crippen molar-refractivity contribution in [2.75, 3.05) is 40.0 Å².